The highest BCUT2D eigenvalue weighted by atomic mass is 16.5. The Balaban J connectivity index is 1.67. The van der Waals surface area contributed by atoms with Gasteiger partial charge in [-0.3, -0.25) is 4.79 Å². The fourth-order valence-electron chi connectivity index (χ4n) is 3.52. The molecular weight excluding hydrogens is 366 g/mol. The lowest BCUT2D eigenvalue weighted by Gasteiger charge is -2.10. The summed E-state index contributed by atoms with van der Waals surface area (Å²) in [5.74, 6) is 5.92. The number of rotatable bonds is 5. The van der Waals surface area contributed by atoms with E-state index in [0.717, 1.165) is 35.0 Å². The second kappa shape index (κ2) is 7.22. The van der Waals surface area contributed by atoms with Gasteiger partial charge in [-0.1, -0.05) is 25.0 Å². The van der Waals surface area contributed by atoms with E-state index in [1.165, 1.54) is 0 Å². The van der Waals surface area contributed by atoms with E-state index in [0.29, 0.717) is 23.8 Å². The molecule has 7 nitrogen and oxygen atoms in total. The number of nitrogens with one attached hydrogen (secondary N) is 2. The number of methoxy groups -OCH3 is 1. The first-order chi connectivity index (χ1) is 13.9. The van der Waals surface area contributed by atoms with Crippen molar-refractivity contribution >= 4 is 28.4 Å². The van der Waals surface area contributed by atoms with E-state index in [2.05, 4.69) is 39.0 Å². The molecule has 0 aliphatic heterocycles. The molecule has 0 unspecified atom stereocenters. The SMILES string of the molecule is CC#Cc1[nH]c2nc(C(=O)Nc3ccc(COC)cc3)nc(N)c2c1C1(C)CC1. The Morgan fingerprint density at radius 1 is 1.31 bits per heavy atom. The van der Waals surface area contributed by atoms with E-state index < -0.39 is 5.91 Å². The summed E-state index contributed by atoms with van der Waals surface area (Å²) in [5.41, 5.74) is 10.4. The quantitative estimate of drug-likeness (QED) is 0.580. The molecule has 4 N–H and O–H groups in total. The van der Waals surface area contributed by atoms with Crippen LogP contribution >= 0.6 is 0 Å². The predicted octanol–water partition coefficient (Wildman–Crippen LogP) is 3.36. The summed E-state index contributed by atoms with van der Waals surface area (Å²) in [6.45, 7) is 4.49. The van der Waals surface area contributed by atoms with Gasteiger partial charge in [-0.2, -0.15) is 0 Å². The third-order valence-electron chi connectivity index (χ3n) is 5.26. The van der Waals surface area contributed by atoms with Gasteiger partial charge in [-0.05, 0) is 48.8 Å². The minimum atomic E-state index is -0.421. The normalized spacial score (nSPS) is 14.3. The Bertz CT molecular complexity index is 1150. The van der Waals surface area contributed by atoms with Gasteiger partial charge in [-0.15, -0.1) is 0 Å². The van der Waals surface area contributed by atoms with Crippen molar-refractivity contribution in [1.29, 1.82) is 0 Å². The van der Waals surface area contributed by atoms with Crippen molar-refractivity contribution < 1.29 is 9.53 Å². The minimum Gasteiger partial charge on any atom is -0.383 e. The Kier molecular flexibility index (Phi) is 4.73. The van der Waals surface area contributed by atoms with Crippen molar-refractivity contribution in [3.63, 3.8) is 0 Å². The number of carbonyl (C=O) groups is 1. The zero-order valence-electron chi connectivity index (χ0n) is 16.7. The van der Waals surface area contributed by atoms with Gasteiger partial charge in [0.2, 0.25) is 5.82 Å². The Morgan fingerprint density at radius 3 is 2.66 bits per heavy atom. The van der Waals surface area contributed by atoms with E-state index in [-0.39, 0.29) is 11.2 Å². The van der Waals surface area contributed by atoms with Gasteiger partial charge < -0.3 is 20.8 Å². The maximum absolute atomic E-state index is 12.7. The molecule has 1 aromatic carbocycles. The van der Waals surface area contributed by atoms with Gasteiger partial charge in [0.05, 0.1) is 17.7 Å². The zero-order valence-corrected chi connectivity index (χ0v) is 16.7. The molecule has 29 heavy (non-hydrogen) atoms. The van der Waals surface area contributed by atoms with Crippen molar-refractivity contribution in [2.24, 2.45) is 0 Å². The maximum Gasteiger partial charge on any atom is 0.293 e. The number of amides is 1. The van der Waals surface area contributed by atoms with Gasteiger partial charge in [0.25, 0.3) is 5.91 Å². The number of nitrogens with zero attached hydrogens (tertiary/aromatic N) is 2. The molecule has 2 heterocycles. The van der Waals surface area contributed by atoms with E-state index in [9.17, 15) is 4.79 Å². The third-order valence-corrected chi connectivity index (χ3v) is 5.26. The highest BCUT2D eigenvalue weighted by Crippen LogP contribution is 2.51. The van der Waals surface area contributed by atoms with Crippen LogP contribution in [0.4, 0.5) is 11.5 Å². The van der Waals surface area contributed by atoms with Crippen LogP contribution in [0.3, 0.4) is 0 Å². The molecule has 0 spiro atoms. The molecule has 1 fully saturated rings. The molecule has 7 heteroatoms. The highest BCUT2D eigenvalue weighted by Gasteiger charge is 2.43. The van der Waals surface area contributed by atoms with Crippen LogP contribution in [0.2, 0.25) is 0 Å². The van der Waals surface area contributed by atoms with Crippen LogP contribution < -0.4 is 11.1 Å². The molecule has 0 saturated heterocycles. The molecule has 148 valence electrons. The molecule has 0 radical (unpaired) electrons. The van der Waals surface area contributed by atoms with E-state index in [1.807, 2.05) is 24.3 Å². The lowest BCUT2D eigenvalue weighted by molar-refractivity contribution is 0.101. The van der Waals surface area contributed by atoms with Crippen molar-refractivity contribution in [2.45, 2.75) is 38.7 Å². The Hall–Kier alpha value is -3.37. The maximum atomic E-state index is 12.7. The molecule has 4 rings (SSSR count). The standard InChI is InChI=1S/C22H23N5O2/c1-4-5-15-17(22(2)10-11-22)16-18(23)26-20(27-19(16)25-15)21(28)24-14-8-6-13(7-9-14)12-29-3/h6-9H,10-12H2,1-3H3,(H,24,28)(H3,23,25,26,27). The summed E-state index contributed by atoms with van der Waals surface area (Å²) in [5, 5.41) is 3.57. The fourth-order valence-corrected chi connectivity index (χ4v) is 3.52. The summed E-state index contributed by atoms with van der Waals surface area (Å²) in [4.78, 5) is 24.6. The summed E-state index contributed by atoms with van der Waals surface area (Å²) >= 11 is 0. The topological polar surface area (TPSA) is 106 Å². The van der Waals surface area contributed by atoms with Crippen LogP contribution in [0.1, 0.15) is 54.1 Å². The van der Waals surface area contributed by atoms with Crippen LogP contribution in [0.5, 0.6) is 0 Å². The summed E-state index contributed by atoms with van der Waals surface area (Å²) in [6.07, 6.45) is 2.14. The van der Waals surface area contributed by atoms with E-state index in [4.69, 9.17) is 10.5 Å². The molecule has 3 aromatic rings. The Morgan fingerprint density at radius 2 is 2.03 bits per heavy atom. The van der Waals surface area contributed by atoms with Crippen LogP contribution in [-0.2, 0) is 16.8 Å². The summed E-state index contributed by atoms with van der Waals surface area (Å²) in [7, 11) is 1.64. The lowest BCUT2D eigenvalue weighted by Crippen LogP contribution is -2.17. The number of nitrogens with two attached hydrogens (primary N) is 1. The third kappa shape index (κ3) is 3.55. The largest absolute Gasteiger partial charge is 0.383 e. The van der Waals surface area contributed by atoms with Crippen LogP contribution in [-0.4, -0.2) is 28.0 Å². The second-order valence-corrected chi connectivity index (χ2v) is 7.55. The number of benzene rings is 1. The number of nitrogen functional groups attached to an aromatic ring is 1. The number of anilines is 2. The number of carbonyl (C=O) groups excluding carboxylic acids is 1. The molecular formula is C22H23N5O2. The Labute approximate surface area is 169 Å². The zero-order chi connectivity index (χ0) is 20.6. The second-order valence-electron chi connectivity index (χ2n) is 7.55. The van der Waals surface area contributed by atoms with Crippen LogP contribution in [0, 0.1) is 11.8 Å². The number of aromatic nitrogens is 3. The molecule has 0 bridgehead atoms. The van der Waals surface area contributed by atoms with Crippen LogP contribution in [0.15, 0.2) is 24.3 Å². The lowest BCUT2D eigenvalue weighted by atomic mass is 9.95. The average Bonchev–Trinajstić information content (AvgIpc) is 3.31. The van der Waals surface area contributed by atoms with Crippen LogP contribution in [0.25, 0.3) is 11.0 Å². The van der Waals surface area contributed by atoms with Crippen molar-refractivity contribution in [3.8, 4) is 11.8 Å². The molecule has 0 atom stereocenters. The van der Waals surface area contributed by atoms with Gasteiger partial charge in [0.15, 0.2) is 0 Å². The first-order valence-electron chi connectivity index (χ1n) is 9.47. The van der Waals surface area contributed by atoms with E-state index >= 15 is 0 Å². The van der Waals surface area contributed by atoms with Crippen molar-refractivity contribution in [3.05, 3.63) is 46.9 Å². The number of fused-ring (bicyclic) bond motifs is 1. The number of H-pyrrole nitrogens is 1. The molecule has 1 aliphatic rings. The number of hydrogen-bond donors (Lipinski definition) is 3. The van der Waals surface area contributed by atoms with Crippen molar-refractivity contribution in [1.82, 2.24) is 15.0 Å². The van der Waals surface area contributed by atoms with E-state index in [1.54, 1.807) is 14.0 Å². The molecule has 2 aromatic heterocycles. The molecule has 1 saturated carbocycles. The van der Waals surface area contributed by atoms with Gasteiger partial charge >= 0.3 is 0 Å². The minimum absolute atomic E-state index is 0.0146. The highest BCUT2D eigenvalue weighted by molar-refractivity contribution is 6.04. The fraction of sp³-hybridized carbons (Fsp3) is 0.318. The predicted molar refractivity (Wildman–Crippen MR) is 113 cm³/mol. The monoisotopic (exact) mass is 389 g/mol. The smallest absolute Gasteiger partial charge is 0.293 e. The average molecular weight is 389 g/mol. The number of aromatic amines is 1. The summed E-state index contributed by atoms with van der Waals surface area (Å²) < 4.78 is 5.10. The molecule has 1 amide bonds. The first kappa shape index (κ1) is 19.0. The van der Waals surface area contributed by atoms with Gasteiger partial charge in [-0.25, -0.2) is 9.97 Å². The number of ether oxygens (including phenoxy) is 1. The number of hydrogen-bond acceptors (Lipinski definition) is 5. The molecule has 1 aliphatic carbocycles. The van der Waals surface area contributed by atoms with Crippen molar-refractivity contribution in [2.75, 3.05) is 18.2 Å². The summed E-state index contributed by atoms with van der Waals surface area (Å²) in [6, 6.07) is 7.40. The van der Waals surface area contributed by atoms with Gasteiger partial charge in [0.1, 0.15) is 11.5 Å². The van der Waals surface area contributed by atoms with Gasteiger partial charge in [0, 0.05) is 18.4 Å². The first-order valence-corrected chi connectivity index (χ1v) is 9.47.